The Morgan fingerprint density at radius 2 is 2.29 bits per heavy atom. The van der Waals surface area contributed by atoms with Gasteiger partial charge in [0.05, 0.1) is 5.02 Å². The molecule has 21 heavy (non-hydrogen) atoms. The molecule has 0 fully saturated rings. The van der Waals surface area contributed by atoms with E-state index in [4.69, 9.17) is 16.7 Å². The van der Waals surface area contributed by atoms with E-state index < -0.39 is 0 Å². The number of carbonyl (C=O) groups excluding carboxylic acids is 1. The number of fused-ring (bicyclic) bond motifs is 1. The Morgan fingerprint density at radius 3 is 2.95 bits per heavy atom. The number of amides is 1. The van der Waals surface area contributed by atoms with Crippen molar-refractivity contribution in [2.24, 2.45) is 5.92 Å². The van der Waals surface area contributed by atoms with E-state index in [9.17, 15) is 9.18 Å². The summed E-state index contributed by atoms with van der Waals surface area (Å²) < 4.78 is 13.9. The fourth-order valence-corrected chi connectivity index (χ4v) is 3.59. The zero-order valence-electron chi connectivity index (χ0n) is 11.7. The van der Waals surface area contributed by atoms with Crippen LogP contribution in [0.3, 0.4) is 0 Å². The standard InChI is InChI=1S/C15H17ClFNO2S/c1-2-9(5-6-19)8-18-15(20)14-13(16)11-4-3-10(17)7-12(11)21-14/h3-4,7,9,19H,2,5-6,8H2,1H3,(H,18,20). The Balaban J connectivity index is 2.14. The molecule has 2 N–H and O–H groups in total. The number of aliphatic hydroxyl groups is 1. The van der Waals surface area contributed by atoms with Crippen LogP contribution in [0.4, 0.5) is 4.39 Å². The highest BCUT2D eigenvalue weighted by atomic mass is 35.5. The van der Waals surface area contributed by atoms with Gasteiger partial charge >= 0.3 is 0 Å². The van der Waals surface area contributed by atoms with Crippen LogP contribution in [0.1, 0.15) is 29.4 Å². The Hall–Kier alpha value is -1.17. The van der Waals surface area contributed by atoms with Gasteiger partial charge in [-0.3, -0.25) is 4.79 Å². The number of nitrogens with one attached hydrogen (secondary N) is 1. The van der Waals surface area contributed by atoms with E-state index in [0.717, 1.165) is 6.42 Å². The van der Waals surface area contributed by atoms with E-state index in [2.05, 4.69) is 5.32 Å². The van der Waals surface area contributed by atoms with Crippen LogP contribution in [-0.2, 0) is 0 Å². The second kappa shape index (κ2) is 7.20. The summed E-state index contributed by atoms with van der Waals surface area (Å²) >= 11 is 7.39. The molecule has 0 aliphatic carbocycles. The summed E-state index contributed by atoms with van der Waals surface area (Å²) in [5.41, 5.74) is 0. The molecule has 1 amide bonds. The van der Waals surface area contributed by atoms with Crippen molar-refractivity contribution in [3.63, 3.8) is 0 Å². The maximum Gasteiger partial charge on any atom is 0.262 e. The zero-order valence-corrected chi connectivity index (χ0v) is 13.2. The largest absolute Gasteiger partial charge is 0.396 e. The third-order valence-electron chi connectivity index (χ3n) is 3.46. The van der Waals surface area contributed by atoms with Crippen LogP contribution in [0.25, 0.3) is 10.1 Å². The Kier molecular flexibility index (Phi) is 5.56. The van der Waals surface area contributed by atoms with Gasteiger partial charge in [0.2, 0.25) is 0 Å². The van der Waals surface area contributed by atoms with Gasteiger partial charge in [0, 0.05) is 23.2 Å². The van der Waals surface area contributed by atoms with Crippen molar-refractivity contribution in [2.45, 2.75) is 19.8 Å². The molecule has 0 spiro atoms. The highest BCUT2D eigenvalue weighted by Crippen LogP contribution is 2.35. The summed E-state index contributed by atoms with van der Waals surface area (Å²) in [6.45, 7) is 2.62. The van der Waals surface area contributed by atoms with Gasteiger partial charge < -0.3 is 10.4 Å². The fourth-order valence-electron chi connectivity index (χ4n) is 2.14. The molecule has 3 nitrogen and oxygen atoms in total. The predicted octanol–water partition coefficient (Wildman–Crippen LogP) is 3.83. The summed E-state index contributed by atoms with van der Waals surface area (Å²) in [5.74, 6) is -0.357. The van der Waals surface area contributed by atoms with Crippen molar-refractivity contribution in [1.82, 2.24) is 5.32 Å². The normalized spacial score (nSPS) is 12.6. The smallest absolute Gasteiger partial charge is 0.262 e. The van der Waals surface area contributed by atoms with Crippen molar-refractivity contribution in [3.8, 4) is 0 Å². The Bertz CT molecular complexity index is 644. The van der Waals surface area contributed by atoms with E-state index >= 15 is 0 Å². The van der Waals surface area contributed by atoms with Crippen LogP contribution >= 0.6 is 22.9 Å². The molecule has 1 heterocycles. The highest BCUT2D eigenvalue weighted by molar-refractivity contribution is 7.21. The minimum atomic E-state index is -0.346. The van der Waals surface area contributed by atoms with E-state index in [1.165, 1.54) is 23.5 Å². The van der Waals surface area contributed by atoms with Crippen LogP contribution < -0.4 is 5.32 Å². The number of hydrogen-bond acceptors (Lipinski definition) is 3. The molecule has 2 rings (SSSR count). The first-order chi connectivity index (χ1) is 10.1. The first-order valence-electron chi connectivity index (χ1n) is 6.83. The molecule has 2 aromatic rings. The van der Waals surface area contributed by atoms with E-state index in [-0.39, 0.29) is 24.2 Å². The van der Waals surface area contributed by atoms with Crippen molar-refractivity contribution < 1.29 is 14.3 Å². The minimum absolute atomic E-state index is 0.108. The zero-order chi connectivity index (χ0) is 15.4. The molecular formula is C15H17ClFNO2S. The van der Waals surface area contributed by atoms with E-state index in [1.807, 2.05) is 6.92 Å². The number of hydrogen-bond donors (Lipinski definition) is 2. The molecule has 0 bridgehead atoms. The van der Waals surface area contributed by atoms with Gasteiger partial charge in [-0.05, 0) is 30.5 Å². The van der Waals surface area contributed by atoms with Gasteiger partial charge in [0.1, 0.15) is 10.7 Å². The first kappa shape index (κ1) is 16.2. The maximum atomic E-state index is 13.2. The van der Waals surface area contributed by atoms with Gasteiger partial charge in [0.25, 0.3) is 5.91 Å². The Labute approximate surface area is 131 Å². The van der Waals surface area contributed by atoms with Gasteiger partial charge in [-0.1, -0.05) is 24.9 Å². The van der Waals surface area contributed by atoms with Gasteiger partial charge in [-0.15, -0.1) is 11.3 Å². The number of aliphatic hydroxyl groups excluding tert-OH is 1. The number of thiophene rings is 1. The molecule has 0 radical (unpaired) electrons. The van der Waals surface area contributed by atoms with Crippen molar-refractivity contribution in [2.75, 3.05) is 13.2 Å². The first-order valence-corrected chi connectivity index (χ1v) is 8.02. The lowest BCUT2D eigenvalue weighted by Crippen LogP contribution is -2.29. The van der Waals surface area contributed by atoms with Gasteiger partial charge in [-0.25, -0.2) is 4.39 Å². The summed E-state index contributed by atoms with van der Waals surface area (Å²) in [6.07, 6.45) is 1.54. The molecule has 1 aromatic heterocycles. The maximum absolute atomic E-state index is 13.2. The highest BCUT2D eigenvalue weighted by Gasteiger charge is 2.18. The van der Waals surface area contributed by atoms with Crippen molar-refractivity contribution >= 4 is 38.9 Å². The van der Waals surface area contributed by atoms with Crippen LogP contribution in [0.15, 0.2) is 18.2 Å². The number of halogens is 2. The van der Waals surface area contributed by atoms with Crippen LogP contribution in [0.2, 0.25) is 5.02 Å². The summed E-state index contributed by atoms with van der Waals surface area (Å²) in [5, 5.41) is 12.8. The van der Waals surface area contributed by atoms with Crippen LogP contribution in [-0.4, -0.2) is 24.2 Å². The molecule has 0 aliphatic heterocycles. The second-order valence-electron chi connectivity index (χ2n) is 4.88. The van der Waals surface area contributed by atoms with Crippen LogP contribution in [0, 0.1) is 11.7 Å². The number of benzene rings is 1. The third-order valence-corrected chi connectivity index (χ3v) is 5.12. The molecule has 1 atom stereocenters. The summed E-state index contributed by atoms with van der Waals surface area (Å²) in [4.78, 5) is 12.6. The SMILES string of the molecule is CCC(CCO)CNC(=O)c1sc2cc(F)ccc2c1Cl. The average molecular weight is 330 g/mol. The van der Waals surface area contributed by atoms with Crippen molar-refractivity contribution in [1.29, 1.82) is 0 Å². The molecule has 114 valence electrons. The lowest BCUT2D eigenvalue weighted by Gasteiger charge is -2.13. The second-order valence-corrected chi connectivity index (χ2v) is 6.31. The lowest BCUT2D eigenvalue weighted by molar-refractivity contribution is 0.0948. The van der Waals surface area contributed by atoms with E-state index in [0.29, 0.717) is 33.0 Å². The summed E-state index contributed by atoms with van der Waals surface area (Å²) in [7, 11) is 0. The lowest BCUT2D eigenvalue weighted by atomic mass is 10.0. The fraction of sp³-hybridized carbons (Fsp3) is 0.400. The quantitative estimate of drug-likeness (QED) is 0.846. The predicted molar refractivity (Wildman–Crippen MR) is 84.6 cm³/mol. The molecule has 1 unspecified atom stereocenters. The monoisotopic (exact) mass is 329 g/mol. The van der Waals surface area contributed by atoms with E-state index in [1.54, 1.807) is 6.07 Å². The summed E-state index contributed by atoms with van der Waals surface area (Å²) in [6, 6.07) is 4.29. The number of rotatable bonds is 6. The Morgan fingerprint density at radius 1 is 1.52 bits per heavy atom. The van der Waals surface area contributed by atoms with Gasteiger partial charge in [0.15, 0.2) is 0 Å². The molecule has 0 saturated heterocycles. The average Bonchev–Trinajstić information content (AvgIpc) is 2.79. The molecule has 0 saturated carbocycles. The molecule has 1 aromatic carbocycles. The van der Waals surface area contributed by atoms with Crippen molar-refractivity contribution in [3.05, 3.63) is 33.9 Å². The molecule has 6 heteroatoms. The third kappa shape index (κ3) is 3.73. The number of carbonyl (C=O) groups is 1. The molecular weight excluding hydrogens is 313 g/mol. The van der Waals surface area contributed by atoms with Crippen LogP contribution in [0.5, 0.6) is 0 Å². The molecule has 0 aliphatic rings. The van der Waals surface area contributed by atoms with Gasteiger partial charge in [-0.2, -0.15) is 0 Å². The topological polar surface area (TPSA) is 49.3 Å². The minimum Gasteiger partial charge on any atom is -0.396 e.